The van der Waals surface area contributed by atoms with E-state index in [0.717, 1.165) is 22.7 Å². The van der Waals surface area contributed by atoms with Crippen molar-refractivity contribution in [1.82, 2.24) is 27.4 Å². The summed E-state index contributed by atoms with van der Waals surface area (Å²) >= 11 is 0. The van der Waals surface area contributed by atoms with E-state index >= 15 is 0 Å². The molecule has 0 aliphatic heterocycles. The summed E-state index contributed by atoms with van der Waals surface area (Å²) in [6.45, 7) is 0. The van der Waals surface area contributed by atoms with Crippen molar-refractivity contribution in [3.8, 4) is 112 Å². The van der Waals surface area contributed by atoms with Crippen LogP contribution in [0.3, 0.4) is 0 Å². The fourth-order valence-corrected chi connectivity index (χ4v) is 23.8. The van der Waals surface area contributed by atoms with Gasteiger partial charge in [0.05, 0.1) is 66.2 Å². The summed E-state index contributed by atoms with van der Waals surface area (Å²) in [6, 6.07) is 208. The number of benzene rings is 25. The molecule has 0 N–H and O–H groups in total. The minimum absolute atomic E-state index is 1.16. The maximum atomic E-state index is 2.44. The first-order chi connectivity index (χ1) is 74.4. The quantitative estimate of drug-likeness (QED) is 0.103. The molecule has 25 aromatic carbocycles. The van der Waals surface area contributed by atoms with Crippen molar-refractivity contribution in [3.63, 3.8) is 0 Å². The lowest BCUT2D eigenvalue weighted by molar-refractivity contribution is 1.18. The monoisotopic (exact) mass is 1910 g/mol. The van der Waals surface area contributed by atoms with Crippen LogP contribution in [-0.4, -0.2) is 27.4 Å². The van der Waals surface area contributed by atoms with Crippen LogP contribution in [0, 0.1) is 0 Å². The van der Waals surface area contributed by atoms with Crippen LogP contribution in [0.15, 0.2) is 570 Å². The van der Waals surface area contributed by atoms with E-state index in [-0.39, 0.29) is 0 Å². The standard InChI is InChI=1S/C50H32N2.C48H32N2.C46H30N2/c1-2-10-33(11-3-1)34-20-24-39(25-21-34)51-48-17-9-7-15-44(48)46-31-36(23-29-49(46)51)37-22-27-45-43-14-6-8-16-47(43)52(50(45)32-37)40-26-28-42-38(30-40)19-18-35-12-4-5-13-41(35)42;1-3-11-33(12-4-1)35-19-25-39(26-20-35)49-46-18-10-8-16-42(46)44-31-37(24-30-47(44)49)38-23-29-43-41-15-7-9-17-45(41)50(48(43)32-38)40-27-21-36(22-28-40)34-13-5-2-6-14-34;1-2-10-31(11-3-1)33-18-23-37(24-19-33)47-44-17-9-7-15-40(44)42-29-35(22-27-45(42)47)36-21-26-41-39-14-6-8-16-43(39)48(46(41)30-36)38-25-20-32-12-4-5-13-34(32)28-38/h1-32H;1-32H;1-30H. The first-order valence-corrected chi connectivity index (χ1v) is 51.6. The van der Waals surface area contributed by atoms with Crippen LogP contribution in [0.2, 0.25) is 0 Å². The van der Waals surface area contributed by atoms with Crippen molar-refractivity contribution in [2.24, 2.45) is 0 Å². The van der Waals surface area contributed by atoms with E-state index in [9.17, 15) is 0 Å². The molecule has 0 bridgehead atoms. The molecule has 0 unspecified atom stereocenters. The third kappa shape index (κ3) is 14.9. The minimum atomic E-state index is 1.16. The molecule has 31 aromatic rings. The number of nitrogens with zero attached hydrogens (tertiary/aromatic N) is 6. The number of fused-ring (bicyclic) bond motifs is 22. The fraction of sp³-hybridized carbons (Fsp3) is 0. The Bertz CT molecular complexity index is 10700. The molecule has 150 heavy (non-hydrogen) atoms. The Labute approximate surface area is 866 Å². The number of rotatable bonds is 13. The molecule has 0 spiro atoms. The molecule has 0 aliphatic rings. The van der Waals surface area contributed by atoms with Gasteiger partial charge in [0.25, 0.3) is 0 Å². The normalized spacial score (nSPS) is 11.7. The summed E-state index contributed by atoms with van der Waals surface area (Å²) in [5.74, 6) is 0. The Balaban J connectivity index is 0.000000106. The van der Waals surface area contributed by atoms with Crippen molar-refractivity contribution in [2.75, 3.05) is 0 Å². The smallest absolute Gasteiger partial charge is 0.0547 e. The molecular formula is C144H94N6. The summed E-state index contributed by atoms with van der Waals surface area (Å²) < 4.78 is 14.4. The van der Waals surface area contributed by atoms with E-state index in [1.807, 2.05) is 0 Å². The number of hydrogen-bond acceptors (Lipinski definition) is 0. The Kier molecular flexibility index (Phi) is 20.9. The molecule has 0 saturated heterocycles. The molecular weight excluding hydrogens is 1810 g/mol. The molecule has 0 radical (unpaired) electrons. The maximum Gasteiger partial charge on any atom is 0.0547 e. The summed E-state index contributed by atoms with van der Waals surface area (Å²) in [7, 11) is 0. The van der Waals surface area contributed by atoms with Gasteiger partial charge in [-0.05, 0) is 274 Å². The van der Waals surface area contributed by atoms with Crippen LogP contribution in [0.1, 0.15) is 0 Å². The zero-order chi connectivity index (χ0) is 98.8. The van der Waals surface area contributed by atoms with Crippen molar-refractivity contribution in [2.45, 2.75) is 0 Å². The highest BCUT2D eigenvalue weighted by atomic mass is 15.0. The highest BCUT2D eigenvalue weighted by Gasteiger charge is 2.24. The van der Waals surface area contributed by atoms with Crippen LogP contribution < -0.4 is 0 Å². The van der Waals surface area contributed by atoms with Gasteiger partial charge in [-0.1, -0.05) is 406 Å². The van der Waals surface area contributed by atoms with Crippen LogP contribution in [-0.2, 0) is 0 Å². The highest BCUT2D eigenvalue weighted by molar-refractivity contribution is 6.18. The lowest BCUT2D eigenvalue weighted by atomic mass is 10.0. The van der Waals surface area contributed by atoms with Gasteiger partial charge in [-0.25, -0.2) is 0 Å². The highest BCUT2D eigenvalue weighted by Crippen LogP contribution is 2.46. The zero-order valence-corrected chi connectivity index (χ0v) is 82.0. The second-order valence-corrected chi connectivity index (χ2v) is 39.4. The molecule has 0 saturated carbocycles. The Morgan fingerprint density at radius 1 is 0.0800 bits per heavy atom. The SMILES string of the molecule is c1ccc(-c2ccc(-n3c4ccccc4c4cc(-c5ccc6c7ccccc7n(-c7ccc(-c8ccccc8)cc7)c6c5)ccc43)cc2)cc1.c1ccc(-c2ccc(-n3c4ccccc4c4cc(-c5ccc6c7ccccc7n(-c7ccc8c(ccc9ccccc98)c7)c6c5)ccc43)cc2)cc1.c1ccc(-c2ccc(-n3c4ccccc4c4cc(-c5ccc6c7ccccc7n(-c7ccc8ccccc8c7)c6c5)ccc43)cc2)cc1. The summed E-state index contributed by atoms with van der Waals surface area (Å²) in [4.78, 5) is 0. The lowest BCUT2D eigenvalue weighted by Gasteiger charge is -2.12. The predicted molar refractivity (Wildman–Crippen MR) is 636 cm³/mol. The van der Waals surface area contributed by atoms with Gasteiger partial charge in [0.15, 0.2) is 0 Å². The van der Waals surface area contributed by atoms with E-state index in [2.05, 4.69) is 598 Å². The van der Waals surface area contributed by atoms with Crippen molar-refractivity contribution < 1.29 is 0 Å². The molecule has 0 aliphatic carbocycles. The molecule has 31 rings (SSSR count). The van der Waals surface area contributed by atoms with Gasteiger partial charge in [-0.2, -0.15) is 0 Å². The van der Waals surface area contributed by atoms with Gasteiger partial charge in [0.1, 0.15) is 0 Å². The molecule has 6 heterocycles. The lowest BCUT2D eigenvalue weighted by Crippen LogP contribution is -1.94. The summed E-state index contributed by atoms with van der Waals surface area (Å²) in [5.41, 5.74) is 38.5. The van der Waals surface area contributed by atoms with Crippen LogP contribution in [0.5, 0.6) is 0 Å². The molecule has 0 amide bonds. The van der Waals surface area contributed by atoms with Crippen molar-refractivity contribution >= 4 is 163 Å². The topological polar surface area (TPSA) is 29.6 Å². The van der Waals surface area contributed by atoms with Crippen LogP contribution in [0.4, 0.5) is 0 Å². The molecule has 700 valence electrons. The number of hydrogen-bond donors (Lipinski definition) is 0. The molecule has 6 nitrogen and oxygen atoms in total. The van der Waals surface area contributed by atoms with E-state index in [0.29, 0.717) is 0 Å². The zero-order valence-electron chi connectivity index (χ0n) is 82.0. The predicted octanol–water partition coefficient (Wildman–Crippen LogP) is 38.8. The molecule has 6 aromatic heterocycles. The Morgan fingerprint density at radius 2 is 0.267 bits per heavy atom. The largest absolute Gasteiger partial charge is 0.309 e. The van der Waals surface area contributed by atoms with Gasteiger partial charge in [-0.15, -0.1) is 0 Å². The van der Waals surface area contributed by atoms with Gasteiger partial charge in [0, 0.05) is 98.8 Å². The van der Waals surface area contributed by atoms with Gasteiger partial charge in [0.2, 0.25) is 0 Å². The van der Waals surface area contributed by atoms with Crippen molar-refractivity contribution in [1.29, 1.82) is 0 Å². The average molecular weight is 1910 g/mol. The number of para-hydroxylation sites is 6. The second-order valence-electron chi connectivity index (χ2n) is 39.4. The summed E-state index contributed by atoms with van der Waals surface area (Å²) in [5, 5.41) is 22.7. The first kappa shape index (κ1) is 86.7. The third-order valence-corrected chi connectivity index (χ3v) is 30.9. The van der Waals surface area contributed by atoms with Gasteiger partial charge in [-0.3, -0.25) is 0 Å². The molecule has 0 fully saturated rings. The van der Waals surface area contributed by atoms with Crippen LogP contribution >= 0.6 is 0 Å². The fourth-order valence-electron chi connectivity index (χ4n) is 23.8. The van der Waals surface area contributed by atoms with E-state index in [1.54, 1.807) is 0 Å². The minimum Gasteiger partial charge on any atom is -0.309 e. The number of aromatic nitrogens is 6. The average Bonchev–Trinajstić information content (AvgIpc) is 1.59. The Hall–Kier alpha value is -19.9. The van der Waals surface area contributed by atoms with E-state index < -0.39 is 0 Å². The van der Waals surface area contributed by atoms with E-state index in [4.69, 9.17) is 0 Å². The van der Waals surface area contributed by atoms with Crippen LogP contribution in [0.25, 0.3) is 275 Å². The third-order valence-electron chi connectivity index (χ3n) is 30.9. The van der Waals surface area contributed by atoms with Gasteiger partial charge < -0.3 is 27.4 Å². The van der Waals surface area contributed by atoms with Gasteiger partial charge >= 0.3 is 0 Å². The molecule has 0 atom stereocenters. The second kappa shape index (κ2) is 36.1. The Morgan fingerprint density at radius 3 is 0.600 bits per heavy atom. The summed E-state index contributed by atoms with van der Waals surface area (Å²) in [6.07, 6.45) is 0. The van der Waals surface area contributed by atoms with E-state index in [1.165, 1.54) is 252 Å². The maximum absolute atomic E-state index is 2.44. The van der Waals surface area contributed by atoms with Crippen molar-refractivity contribution in [3.05, 3.63) is 570 Å². The molecule has 6 heteroatoms. The first-order valence-electron chi connectivity index (χ1n) is 51.6.